The Morgan fingerprint density at radius 3 is 2.65 bits per heavy atom. The molecule has 1 atom stereocenters. The maximum absolute atomic E-state index is 12.1. The predicted molar refractivity (Wildman–Crippen MR) is 80.7 cm³/mol. The molecule has 124 valence electrons. The average molecular weight is 339 g/mol. The van der Waals surface area contributed by atoms with Crippen molar-refractivity contribution in [2.45, 2.75) is 31.2 Å². The van der Waals surface area contributed by atoms with Gasteiger partial charge in [0.05, 0.1) is 5.75 Å². The molecule has 10 heteroatoms. The first-order chi connectivity index (χ1) is 11.0. The number of carboxylic acids is 1. The summed E-state index contributed by atoms with van der Waals surface area (Å²) in [5, 5.41) is 19.8. The fourth-order valence-electron chi connectivity index (χ4n) is 2.03. The van der Waals surface area contributed by atoms with Crippen molar-refractivity contribution in [2.75, 3.05) is 0 Å². The molecule has 2 rings (SSSR count). The summed E-state index contributed by atoms with van der Waals surface area (Å²) >= 11 is 0. The largest absolute Gasteiger partial charge is 0.480 e. The first-order valence-corrected chi connectivity index (χ1v) is 8.59. The lowest BCUT2D eigenvalue weighted by molar-refractivity contribution is -0.139. The molecule has 0 aliphatic rings. The van der Waals surface area contributed by atoms with Crippen molar-refractivity contribution in [3.8, 4) is 0 Å². The van der Waals surface area contributed by atoms with Crippen molar-refractivity contribution in [3.63, 3.8) is 0 Å². The number of rotatable bonds is 9. The number of nitrogens with zero attached hydrogens (tertiary/aromatic N) is 4. The van der Waals surface area contributed by atoms with E-state index in [0.29, 0.717) is 18.5 Å². The topological polar surface area (TPSA) is 127 Å². The van der Waals surface area contributed by atoms with E-state index in [1.165, 1.54) is 11.0 Å². The van der Waals surface area contributed by atoms with Gasteiger partial charge in [0.25, 0.3) is 0 Å². The van der Waals surface area contributed by atoms with Gasteiger partial charge >= 0.3 is 5.97 Å². The number of sulfonamides is 1. The number of tetrazole rings is 1. The van der Waals surface area contributed by atoms with Gasteiger partial charge in [0.1, 0.15) is 12.4 Å². The van der Waals surface area contributed by atoms with E-state index in [9.17, 15) is 18.3 Å². The lowest BCUT2D eigenvalue weighted by Crippen LogP contribution is -2.41. The molecule has 1 aromatic heterocycles. The van der Waals surface area contributed by atoms with Crippen molar-refractivity contribution in [1.82, 2.24) is 24.9 Å². The lowest BCUT2D eigenvalue weighted by Gasteiger charge is -2.14. The highest BCUT2D eigenvalue weighted by atomic mass is 32.2. The summed E-state index contributed by atoms with van der Waals surface area (Å²) in [5.74, 6) is -1.47. The van der Waals surface area contributed by atoms with Crippen LogP contribution in [0.1, 0.15) is 18.4 Å². The van der Waals surface area contributed by atoms with E-state index in [2.05, 4.69) is 20.2 Å². The van der Waals surface area contributed by atoms with E-state index < -0.39 is 22.0 Å². The monoisotopic (exact) mass is 339 g/mol. The van der Waals surface area contributed by atoms with Gasteiger partial charge < -0.3 is 5.11 Å². The Morgan fingerprint density at radius 1 is 1.30 bits per heavy atom. The standard InChI is InChI=1S/C13H17N5O4S/c19-13(20)12(7-4-8-18-10-14-16-17-18)15-23(21,22)9-11-5-2-1-3-6-11/h1-3,5-6,10,12,15H,4,7-9H2,(H,19,20)/t12-/m1/s1. The number of aromatic nitrogens is 4. The van der Waals surface area contributed by atoms with Crippen LogP contribution in [0, 0.1) is 0 Å². The third kappa shape index (κ3) is 5.75. The van der Waals surface area contributed by atoms with Crippen LogP contribution < -0.4 is 4.72 Å². The second-order valence-electron chi connectivity index (χ2n) is 4.97. The van der Waals surface area contributed by atoms with Crippen LogP contribution in [0.5, 0.6) is 0 Å². The normalized spacial score (nSPS) is 12.9. The molecule has 0 radical (unpaired) electrons. The van der Waals surface area contributed by atoms with E-state index in [1.807, 2.05) is 0 Å². The maximum Gasteiger partial charge on any atom is 0.321 e. The van der Waals surface area contributed by atoms with Gasteiger partial charge in [0.15, 0.2) is 0 Å². The first-order valence-electron chi connectivity index (χ1n) is 6.94. The van der Waals surface area contributed by atoms with Crippen molar-refractivity contribution < 1.29 is 18.3 Å². The van der Waals surface area contributed by atoms with Gasteiger partial charge in [-0.15, -0.1) is 5.10 Å². The van der Waals surface area contributed by atoms with Crippen LogP contribution in [-0.4, -0.2) is 45.7 Å². The van der Waals surface area contributed by atoms with Crippen LogP contribution in [0.25, 0.3) is 0 Å². The summed E-state index contributed by atoms with van der Waals surface area (Å²) in [5.41, 5.74) is 0.595. The van der Waals surface area contributed by atoms with E-state index >= 15 is 0 Å². The molecule has 0 bridgehead atoms. The molecule has 0 spiro atoms. The van der Waals surface area contributed by atoms with Crippen molar-refractivity contribution in [1.29, 1.82) is 0 Å². The van der Waals surface area contributed by atoms with Gasteiger partial charge in [-0.3, -0.25) is 4.79 Å². The fraction of sp³-hybridized carbons (Fsp3) is 0.385. The number of aliphatic carboxylic acids is 1. The molecular weight excluding hydrogens is 322 g/mol. The Labute approximate surface area is 133 Å². The lowest BCUT2D eigenvalue weighted by atomic mass is 10.2. The second kappa shape index (κ2) is 7.79. The maximum atomic E-state index is 12.1. The Hall–Kier alpha value is -2.33. The molecule has 0 aliphatic carbocycles. The number of benzene rings is 1. The second-order valence-corrected chi connectivity index (χ2v) is 6.72. The molecule has 23 heavy (non-hydrogen) atoms. The molecule has 0 unspecified atom stereocenters. The summed E-state index contributed by atoms with van der Waals surface area (Å²) in [7, 11) is -3.74. The summed E-state index contributed by atoms with van der Waals surface area (Å²) in [6.45, 7) is 0.414. The third-order valence-electron chi connectivity index (χ3n) is 3.09. The molecular formula is C13H17N5O4S. The van der Waals surface area contributed by atoms with Gasteiger partial charge in [-0.2, -0.15) is 0 Å². The summed E-state index contributed by atoms with van der Waals surface area (Å²) in [4.78, 5) is 11.2. The van der Waals surface area contributed by atoms with Crippen LogP contribution in [0.3, 0.4) is 0 Å². The molecule has 1 heterocycles. The zero-order chi connectivity index (χ0) is 16.7. The molecule has 0 amide bonds. The predicted octanol–water partition coefficient (Wildman–Crippen LogP) is 0.0261. The van der Waals surface area contributed by atoms with E-state index in [0.717, 1.165) is 0 Å². The van der Waals surface area contributed by atoms with Gasteiger partial charge in [-0.05, 0) is 28.8 Å². The number of nitrogens with one attached hydrogen (secondary N) is 1. The molecule has 9 nitrogen and oxygen atoms in total. The van der Waals surface area contributed by atoms with Gasteiger partial charge in [0.2, 0.25) is 10.0 Å². The van der Waals surface area contributed by atoms with Crippen molar-refractivity contribution >= 4 is 16.0 Å². The highest BCUT2D eigenvalue weighted by molar-refractivity contribution is 7.88. The molecule has 0 saturated heterocycles. The highest BCUT2D eigenvalue weighted by Crippen LogP contribution is 2.07. The Bertz CT molecular complexity index is 718. The van der Waals surface area contributed by atoms with Gasteiger partial charge in [0, 0.05) is 6.54 Å². The Morgan fingerprint density at radius 2 is 2.04 bits per heavy atom. The minimum Gasteiger partial charge on any atom is -0.480 e. The third-order valence-corrected chi connectivity index (χ3v) is 4.45. The summed E-state index contributed by atoms with van der Waals surface area (Å²) in [6.07, 6.45) is 1.98. The average Bonchev–Trinajstić information content (AvgIpc) is 2.99. The smallest absolute Gasteiger partial charge is 0.321 e. The number of carbonyl (C=O) groups is 1. The summed E-state index contributed by atoms with van der Waals surface area (Å²) < 4.78 is 27.9. The molecule has 0 saturated carbocycles. The van der Waals surface area contributed by atoms with Crippen LogP contribution >= 0.6 is 0 Å². The van der Waals surface area contributed by atoms with Crippen LogP contribution in [0.2, 0.25) is 0 Å². The van der Waals surface area contributed by atoms with Gasteiger partial charge in [-0.1, -0.05) is 30.3 Å². The Balaban J connectivity index is 1.91. The molecule has 2 N–H and O–H groups in total. The fourth-order valence-corrected chi connectivity index (χ4v) is 3.39. The minimum atomic E-state index is -3.74. The number of aryl methyl sites for hydroxylation is 1. The summed E-state index contributed by atoms with van der Waals surface area (Å²) in [6, 6.07) is 7.40. The molecule has 0 aliphatic heterocycles. The van der Waals surface area contributed by atoms with Crippen molar-refractivity contribution in [3.05, 3.63) is 42.2 Å². The van der Waals surface area contributed by atoms with E-state index in [1.54, 1.807) is 30.3 Å². The van der Waals surface area contributed by atoms with Crippen LogP contribution in [0.4, 0.5) is 0 Å². The van der Waals surface area contributed by atoms with Crippen molar-refractivity contribution in [2.24, 2.45) is 0 Å². The SMILES string of the molecule is O=C(O)[C@@H](CCCn1cnnn1)NS(=O)(=O)Cc1ccccc1. The Kier molecular flexibility index (Phi) is 5.77. The highest BCUT2D eigenvalue weighted by Gasteiger charge is 2.23. The van der Waals surface area contributed by atoms with Crippen LogP contribution in [-0.2, 0) is 27.1 Å². The number of hydrogen-bond donors (Lipinski definition) is 2. The van der Waals surface area contributed by atoms with E-state index in [4.69, 9.17) is 0 Å². The number of hydrogen-bond acceptors (Lipinski definition) is 6. The van der Waals surface area contributed by atoms with E-state index in [-0.39, 0.29) is 12.2 Å². The van der Waals surface area contributed by atoms with Crippen LogP contribution in [0.15, 0.2) is 36.7 Å². The minimum absolute atomic E-state index is 0.142. The quantitative estimate of drug-likeness (QED) is 0.659. The first kappa shape index (κ1) is 17.0. The van der Waals surface area contributed by atoms with Gasteiger partial charge in [-0.25, -0.2) is 17.8 Å². The number of carboxylic acid groups (broad SMARTS) is 1. The molecule has 1 aromatic carbocycles. The zero-order valence-corrected chi connectivity index (χ0v) is 13.1. The molecule has 0 fully saturated rings. The zero-order valence-electron chi connectivity index (χ0n) is 12.2. The molecule has 2 aromatic rings.